The maximum atomic E-state index is 12.4. The molecule has 0 heterocycles. The number of nitrogens with zero attached hydrogens (tertiary/aromatic N) is 1. The van der Waals surface area contributed by atoms with Crippen LogP contribution >= 0.6 is 0 Å². The Hall–Kier alpha value is -5.06. The Kier molecular flexibility index (Phi) is 9.64. The molecule has 0 spiro atoms. The standard InChI is InChI=1S/C27H27N3O8/c1-34-21-11-7-18(13-23(21)36-3)26(32)28-16-25(31)30-29-15-17-5-9-20(10-6-17)38-27(33)19-8-12-22(35-2)24(14-19)37-4/h5-15H,16H2,1-4H3,(H,28,32)(H,30,31)/b29-15-. The van der Waals surface area contributed by atoms with Crippen molar-refractivity contribution in [2.45, 2.75) is 0 Å². The predicted octanol–water partition coefficient (Wildman–Crippen LogP) is 2.82. The van der Waals surface area contributed by atoms with Crippen molar-refractivity contribution in [3.8, 4) is 28.7 Å². The Labute approximate surface area is 219 Å². The largest absolute Gasteiger partial charge is 0.493 e. The minimum Gasteiger partial charge on any atom is -0.493 e. The number of amides is 2. The average molecular weight is 522 g/mol. The first-order valence-corrected chi connectivity index (χ1v) is 11.2. The highest BCUT2D eigenvalue weighted by atomic mass is 16.5. The molecule has 0 aliphatic heterocycles. The Morgan fingerprint density at radius 1 is 0.737 bits per heavy atom. The van der Waals surface area contributed by atoms with Crippen LogP contribution in [0.2, 0.25) is 0 Å². The highest BCUT2D eigenvalue weighted by Crippen LogP contribution is 2.28. The molecule has 0 unspecified atom stereocenters. The summed E-state index contributed by atoms with van der Waals surface area (Å²) in [6, 6.07) is 15.9. The van der Waals surface area contributed by atoms with Gasteiger partial charge in [-0.05, 0) is 66.2 Å². The molecule has 0 bridgehead atoms. The van der Waals surface area contributed by atoms with E-state index in [0.717, 1.165) is 0 Å². The first-order valence-electron chi connectivity index (χ1n) is 11.2. The van der Waals surface area contributed by atoms with Crippen LogP contribution in [-0.2, 0) is 4.79 Å². The first kappa shape index (κ1) is 27.5. The number of nitrogens with one attached hydrogen (secondary N) is 2. The molecule has 0 aliphatic carbocycles. The molecule has 2 amide bonds. The predicted molar refractivity (Wildman–Crippen MR) is 139 cm³/mol. The van der Waals surface area contributed by atoms with Crippen molar-refractivity contribution < 1.29 is 38.1 Å². The van der Waals surface area contributed by atoms with Crippen molar-refractivity contribution in [3.05, 3.63) is 77.4 Å². The second kappa shape index (κ2) is 13.3. The van der Waals surface area contributed by atoms with Gasteiger partial charge in [-0.3, -0.25) is 9.59 Å². The van der Waals surface area contributed by atoms with Gasteiger partial charge in [0.1, 0.15) is 5.75 Å². The van der Waals surface area contributed by atoms with Crippen molar-refractivity contribution in [1.82, 2.24) is 10.7 Å². The molecule has 3 rings (SSSR count). The summed E-state index contributed by atoms with van der Waals surface area (Å²) in [6.07, 6.45) is 1.41. The normalized spacial score (nSPS) is 10.4. The molecule has 11 heteroatoms. The molecule has 2 N–H and O–H groups in total. The zero-order valence-corrected chi connectivity index (χ0v) is 21.3. The van der Waals surface area contributed by atoms with Gasteiger partial charge in [-0.1, -0.05) is 0 Å². The van der Waals surface area contributed by atoms with Crippen LogP contribution in [0.15, 0.2) is 65.8 Å². The smallest absolute Gasteiger partial charge is 0.343 e. The Morgan fingerprint density at radius 2 is 1.29 bits per heavy atom. The Morgan fingerprint density at radius 3 is 1.87 bits per heavy atom. The summed E-state index contributed by atoms with van der Waals surface area (Å²) >= 11 is 0. The zero-order valence-electron chi connectivity index (χ0n) is 21.3. The Balaban J connectivity index is 1.48. The second-order valence-corrected chi connectivity index (χ2v) is 7.57. The van der Waals surface area contributed by atoms with E-state index >= 15 is 0 Å². The van der Waals surface area contributed by atoms with Crippen molar-refractivity contribution in [2.75, 3.05) is 35.0 Å². The fourth-order valence-electron chi connectivity index (χ4n) is 3.21. The SMILES string of the molecule is COc1ccc(C(=O)NCC(=O)N/N=C\c2ccc(OC(=O)c3ccc(OC)c(OC)c3)cc2)cc1OC. The van der Waals surface area contributed by atoms with Crippen LogP contribution in [0.4, 0.5) is 0 Å². The first-order chi connectivity index (χ1) is 18.4. The van der Waals surface area contributed by atoms with E-state index in [4.69, 9.17) is 23.7 Å². The van der Waals surface area contributed by atoms with E-state index in [1.165, 1.54) is 46.8 Å². The molecular formula is C27H27N3O8. The monoisotopic (exact) mass is 521 g/mol. The van der Waals surface area contributed by atoms with E-state index in [0.29, 0.717) is 45.4 Å². The number of carbonyl (C=O) groups is 3. The zero-order chi connectivity index (χ0) is 27.5. The van der Waals surface area contributed by atoms with Gasteiger partial charge in [-0.25, -0.2) is 10.2 Å². The fraction of sp³-hybridized carbons (Fsp3) is 0.185. The third-order valence-electron chi connectivity index (χ3n) is 5.17. The number of benzene rings is 3. The van der Waals surface area contributed by atoms with Gasteiger partial charge in [-0.2, -0.15) is 5.10 Å². The molecule has 0 atom stereocenters. The number of ether oxygens (including phenoxy) is 5. The molecule has 0 radical (unpaired) electrons. The summed E-state index contributed by atoms with van der Waals surface area (Å²) < 4.78 is 26.1. The topological polar surface area (TPSA) is 134 Å². The van der Waals surface area contributed by atoms with Gasteiger partial charge >= 0.3 is 5.97 Å². The van der Waals surface area contributed by atoms with Crippen LogP contribution < -0.4 is 34.4 Å². The molecule has 38 heavy (non-hydrogen) atoms. The van der Waals surface area contributed by atoms with Crippen LogP contribution in [0.5, 0.6) is 28.7 Å². The number of carbonyl (C=O) groups excluding carboxylic acids is 3. The van der Waals surface area contributed by atoms with Gasteiger partial charge in [-0.15, -0.1) is 0 Å². The van der Waals surface area contributed by atoms with Crippen LogP contribution in [0.3, 0.4) is 0 Å². The van der Waals surface area contributed by atoms with Gasteiger partial charge in [0.15, 0.2) is 23.0 Å². The van der Waals surface area contributed by atoms with E-state index in [1.807, 2.05) is 0 Å². The highest BCUT2D eigenvalue weighted by Gasteiger charge is 2.14. The number of hydrogen-bond acceptors (Lipinski definition) is 9. The van der Waals surface area contributed by atoms with Crippen molar-refractivity contribution >= 4 is 24.0 Å². The van der Waals surface area contributed by atoms with E-state index in [-0.39, 0.29) is 6.54 Å². The van der Waals surface area contributed by atoms with Crippen molar-refractivity contribution in [1.29, 1.82) is 0 Å². The molecule has 0 aromatic heterocycles. The highest BCUT2D eigenvalue weighted by molar-refractivity contribution is 5.97. The third kappa shape index (κ3) is 7.23. The van der Waals surface area contributed by atoms with Crippen LogP contribution in [0.1, 0.15) is 26.3 Å². The molecule has 3 aromatic rings. The molecule has 0 saturated carbocycles. The molecule has 0 fully saturated rings. The lowest BCUT2D eigenvalue weighted by Gasteiger charge is -2.09. The third-order valence-corrected chi connectivity index (χ3v) is 5.17. The lowest BCUT2D eigenvalue weighted by molar-refractivity contribution is -0.120. The maximum Gasteiger partial charge on any atom is 0.343 e. The minimum absolute atomic E-state index is 0.282. The summed E-state index contributed by atoms with van der Waals surface area (Å²) in [4.78, 5) is 36.8. The van der Waals surface area contributed by atoms with Gasteiger partial charge < -0.3 is 29.0 Å². The molecule has 11 nitrogen and oxygen atoms in total. The number of esters is 1. The van der Waals surface area contributed by atoms with Gasteiger partial charge in [0, 0.05) is 5.56 Å². The molecule has 0 saturated heterocycles. The van der Waals surface area contributed by atoms with E-state index in [2.05, 4.69) is 15.8 Å². The molecule has 0 aliphatic rings. The van der Waals surface area contributed by atoms with E-state index in [1.54, 1.807) is 48.5 Å². The lowest BCUT2D eigenvalue weighted by atomic mass is 10.2. The minimum atomic E-state index is -0.560. The van der Waals surface area contributed by atoms with Gasteiger partial charge in [0.2, 0.25) is 0 Å². The lowest BCUT2D eigenvalue weighted by Crippen LogP contribution is -2.34. The van der Waals surface area contributed by atoms with Crippen LogP contribution in [0.25, 0.3) is 0 Å². The molecular weight excluding hydrogens is 494 g/mol. The Bertz CT molecular complexity index is 1320. The van der Waals surface area contributed by atoms with E-state index < -0.39 is 17.8 Å². The van der Waals surface area contributed by atoms with Crippen LogP contribution in [0, 0.1) is 0 Å². The number of methoxy groups -OCH3 is 4. The summed E-state index contributed by atoms with van der Waals surface area (Å²) in [7, 11) is 5.94. The summed E-state index contributed by atoms with van der Waals surface area (Å²) in [5.41, 5.74) is 3.59. The molecule has 3 aromatic carbocycles. The number of hydrogen-bond donors (Lipinski definition) is 2. The van der Waals surface area contributed by atoms with Crippen molar-refractivity contribution in [2.24, 2.45) is 5.10 Å². The molecule has 198 valence electrons. The summed E-state index contributed by atoms with van der Waals surface area (Å²) in [5.74, 6) is 0.588. The van der Waals surface area contributed by atoms with Gasteiger partial charge in [0.25, 0.3) is 11.8 Å². The summed E-state index contributed by atoms with van der Waals surface area (Å²) in [6.45, 7) is -0.282. The van der Waals surface area contributed by atoms with Crippen LogP contribution in [-0.4, -0.2) is 59.0 Å². The fourth-order valence-corrected chi connectivity index (χ4v) is 3.21. The number of hydrazone groups is 1. The van der Waals surface area contributed by atoms with Gasteiger partial charge in [0.05, 0.1) is 46.8 Å². The average Bonchev–Trinajstić information content (AvgIpc) is 2.95. The van der Waals surface area contributed by atoms with Crippen molar-refractivity contribution in [3.63, 3.8) is 0 Å². The summed E-state index contributed by atoms with van der Waals surface area (Å²) in [5, 5.41) is 6.37. The van der Waals surface area contributed by atoms with E-state index in [9.17, 15) is 14.4 Å². The maximum absolute atomic E-state index is 12.4. The quantitative estimate of drug-likeness (QED) is 0.170. The number of rotatable bonds is 11. The second-order valence-electron chi connectivity index (χ2n) is 7.57.